The fourth-order valence-electron chi connectivity index (χ4n) is 4.17. The zero-order chi connectivity index (χ0) is 29.3. The fraction of sp³-hybridized carbons (Fsp3) is 0.310. The minimum atomic E-state index is -3.95. The molecule has 3 aromatic carbocycles. The first-order valence-electron chi connectivity index (χ1n) is 12.7. The lowest BCUT2D eigenvalue weighted by molar-refractivity contribution is -0.140. The number of anilines is 1. The number of amides is 2. The van der Waals surface area contributed by atoms with Gasteiger partial charge in [0, 0.05) is 24.5 Å². The Balaban J connectivity index is 2.07. The van der Waals surface area contributed by atoms with Crippen molar-refractivity contribution < 1.29 is 22.7 Å². The Morgan fingerprint density at radius 3 is 2.30 bits per heavy atom. The maximum atomic E-state index is 14.1. The lowest BCUT2D eigenvalue weighted by Gasteiger charge is -2.33. The first-order chi connectivity index (χ1) is 19.0. The van der Waals surface area contributed by atoms with Gasteiger partial charge in [0.1, 0.15) is 18.3 Å². The largest absolute Gasteiger partial charge is 0.497 e. The monoisotopic (exact) mass is 605 g/mol. The lowest BCUT2D eigenvalue weighted by Crippen LogP contribution is -2.53. The van der Waals surface area contributed by atoms with Crippen molar-refractivity contribution in [1.82, 2.24) is 10.2 Å². The second-order valence-electron chi connectivity index (χ2n) is 9.24. The Morgan fingerprint density at radius 2 is 1.68 bits per heavy atom. The van der Waals surface area contributed by atoms with Crippen LogP contribution in [0.4, 0.5) is 5.69 Å². The normalized spacial score (nSPS) is 11.9. The highest BCUT2D eigenvalue weighted by atomic mass is 35.5. The molecule has 0 radical (unpaired) electrons. The van der Waals surface area contributed by atoms with Crippen LogP contribution < -0.4 is 14.4 Å². The number of nitrogens with zero attached hydrogens (tertiary/aromatic N) is 2. The van der Waals surface area contributed by atoms with Crippen molar-refractivity contribution >= 4 is 50.7 Å². The quantitative estimate of drug-likeness (QED) is 0.298. The number of rotatable bonds is 13. The third kappa shape index (κ3) is 8.61. The van der Waals surface area contributed by atoms with Gasteiger partial charge in [-0.05, 0) is 47.9 Å². The average molecular weight is 607 g/mol. The summed E-state index contributed by atoms with van der Waals surface area (Å²) in [5, 5.41) is 3.30. The van der Waals surface area contributed by atoms with Gasteiger partial charge in [0.25, 0.3) is 0 Å². The third-order valence-electron chi connectivity index (χ3n) is 6.17. The van der Waals surface area contributed by atoms with E-state index in [2.05, 4.69) is 5.32 Å². The Labute approximate surface area is 245 Å². The number of methoxy groups -OCH3 is 1. The summed E-state index contributed by atoms with van der Waals surface area (Å²) in [6, 6.07) is 19.9. The lowest BCUT2D eigenvalue weighted by atomic mass is 10.0. The van der Waals surface area contributed by atoms with Gasteiger partial charge in [0.2, 0.25) is 21.8 Å². The summed E-state index contributed by atoms with van der Waals surface area (Å²) in [7, 11) is -2.41. The Morgan fingerprint density at radius 1 is 0.975 bits per heavy atom. The number of ether oxygens (including phenoxy) is 1. The van der Waals surface area contributed by atoms with Gasteiger partial charge in [-0.3, -0.25) is 13.9 Å². The van der Waals surface area contributed by atoms with Crippen LogP contribution in [0.3, 0.4) is 0 Å². The molecule has 0 fully saturated rings. The first kappa shape index (κ1) is 31.3. The molecule has 0 aliphatic carbocycles. The maximum absolute atomic E-state index is 14.1. The summed E-state index contributed by atoms with van der Waals surface area (Å²) in [5.41, 5.74) is 1.67. The summed E-state index contributed by atoms with van der Waals surface area (Å²) < 4.78 is 32.0. The van der Waals surface area contributed by atoms with Crippen LogP contribution in [-0.4, -0.2) is 57.6 Å². The van der Waals surface area contributed by atoms with Gasteiger partial charge >= 0.3 is 0 Å². The van der Waals surface area contributed by atoms with Crippen LogP contribution in [0.5, 0.6) is 5.75 Å². The molecule has 8 nitrogen and oxygen atoms in total. The number of carbonyl (C=O) groups is 2. The molecule has 0 heterocycles. The summed E-state index contributed by atoms with van der Waals surface area (Å²) in [4.78, 5) is 29.0. The van der Waals surface area contributed by atoms with Crippen LogP contribution in [0.25, 0.3) is 0 Å². The van der Waals surface area contributed by atoms with E-state index in [0.29, 0.717) is 29.3 Å². The van der Waals surface area contributed by atoms with Gasteiger partial charge in [-0.15, -0.1) is 0 Å². The molecule has 214 valence electrons. The molecule has 1 atom stereocenters. The van der Waals surface area contributed by atoms with E-state index in [1.807, 2.05) is 43.3 Å². The zero-order valence-corrected chi connectivity index (χ0v) is 25.0. The van der Waals surface area contributed by atoms with Crippen molar-refractivity contribution in [3.63, 3.8) is 0 Å². The Bertz CT molecular complexity index is 1420. The van der Waals surface area contributed by atoms with E-state index in [4.69, 9.17) is 27.9 Å². The number of hydrogen-bond donors (Lipinski definition) is 1. The van der Waals surface area contributed by atoms with Crippen LogP contribution >= 0.6 is 23.2 Å². The fourth-order valence-corrected chi connectivity index (χ4v) is 5.59. The summed E-state index contributed by atoms with van der Waals surface area (Å²) in [6.45, 7) is 1.84. The summed E-state index contributed by atoms with van der Waals surface area (Å²) >= 11 is 12.4. The van der Waals surface area contributed by atoms with Gasteiger partial charge < -0.3 is 15.0 Å². The standard InChI is InChI=1S/C29H33Cl2N3O5S/c1-4-15-32-29(36)27(17-21-9-6-5-7-10-21)33(19-22-11-8-12-24(16-22)39-2)28(35)20-34(40(3,37)38)26-14-13-23(30)18-25(26)31/h5-14,16,18,27H,4,15,17,19-20H2,1-3H3,(H,32,36)/t27-/m1/s1. The third-order valence-corrected chi connectivity index (χ3v) is 7.83. The second kappa shape index (κ2) is 14.4. The van der Waals surface area contributed by atoms with Gasteiger partial charge in [-0.25, -0.2) is 8.42 Å². The van der Waals surface area contributed by atoms with Gasteiger partial charge in [-0.2, -0.15) is 0 Å². The number of halogens is 2. The average Bonchev–Trinajstić information content (AvgIpc) is 2.92. The SMILES string of the molecule is CCCNC(=O)[C@@H](Cc1ccccc1)N(Cc1cccc(OC)c1)C(=O)CN(c1ccc(Cl)cc1Cl)S(C)(=O)=O. The van der Waals surface area contributed by atoms with Gasteiger partial charge in [0.05, 0.1) is 24.1 Å². The van der Waals surface area contributed by atoms with E-state index in [9.17, 15) is 18.0 Å². The molecule has 0 bridgehead atoms. The first-order valence-corrected chi connectivity index (χ1v) is 15.3. The van der Waals surface area contributed by atoms with Crippen molar-refractivity contribution in [1.29, 1.82) is 0 Å². The molecule has 2 amide bonds. The maximum Gasteiger partial charge on any atom is 0.244 e. The molecule has 1 N–H and O–H groups in total. The van der Waals surface area contributed by atoms with E-state index in [-0.39, 0.29) is 29.6 Å². The van der Waals surface area contributed by atoms with E-state index in [1.165, 1.54) is 30.2 Å². The molecular weight excluding hydrogens is 573 g/mol. The van der Waals surface area contributed by atoms with Crippen LogP contribution in [-0.2, 0) is 32.6 Å². The number of sulfonamides is 1. The van der Waals surface area contributed by atoms with E-state index in [1.54, 1.807) is 18.2 Å². The van der Waals surface area contributed by atoms with Crippen molar-refractivity contribution in [2.75, 3.05) is 30.8 Å². The number of nitrogens with one attached hydrogen (secondary N) is 1. The Hall–Kier alpha value is -3.27. The number of carbonyl (C=O) groups excluding carboxylic acids is 2. The molecule has 0 saturated carbocycles. The van der Waals surface area contributed by atoms with E-state index >= 15 is 0 Å². The smallest absolute Gasteiger partial charge is 0.244 e. The highest BCUT2D eigenvalue weighted by molar-refractivity contribution is 7.92. The summed E-state index contributed by atoms with van der Waals surface area (Å²) in [6.07, 6.45) is 1.93. The van der Waals surface area contributed by atoms with Crippen molar-refractivity contribution in [2.24, 2.45) is 0 Å². The number of hydrogen-bond acceptors (Lipinski definition) is 5. The molecular formula is C29H33Cl2N3O5S. The molecule has 0 aliphatic rings. The van der Waals surface area contributed by atoms with Gasteiger partial charge in [0.15, 0.2) is 0 Å². The molecule has 0 spiro atoms. The van der Waals surface area contributed by atoms with Crippen molar-refractivity contribution in [3.8, 4) is 5.75 Å². The van der Waals surface area contributed by atoms with Gasteiger partial charge in [-0.1, -0.05) is 72.6 Å². The van der Waals surface area contributed by atoms with Crippen LogP contribution in [0.2, 0.25) is 10.0 Å². The van der Waals surface area contributed by atoms with E-state index in [0.717, 1.165) is 16.1 Å². The zero-order valence-electron chi connectivity index (χ0n) is 22.6. The Kier molecular flexibility index (Phi) is 11.2. The molecule has 40 heavy (non-hydrogen) atoms. The highest BCUT2D eigenvalue weighted by Gasteiger charge is 2.33. The van der Waals surface area contributed by atoms with Crippen molar-refractivity contribution in [2.45, 2.75) is 32.4 Å². The molecule has 11 heteroatoms. The predicted octanol–water partition coefficient (Wildman–Crippen LogP) is 4.93. The molecule has 3 rings (SSSR count). The molecule has 0 saturated heterocycles. The second-order valence-corrected chi connectivity index (χ2v) is 12.0. The molecule has 0 aliphatic heterocycles. The predicted molar refractivity (Wildman–Crippen MR) is 159 cm³/mol. The molecule has 3 aromatic rings. The van der Waals surface area contributed by atoms with Crippen LogP contribution in [0.15, 0.2) is 72.8 Å². The minimum absolute atomic E-state index is 0.0407. The van der Waals surface area contributed by atoms with E-state index < -0.39 is 28.5 Å². The molecule has 0 unspecified atom stereocenters. The highest BCUT2D eigenvalue weighted by Crippen LogP contribution is 2.31. The minimum Gasteiger partial charge on any atom is -0.497 e. The van der Waals surface area contributed by atoms with Crippen molar-refractivity contribution in [3.05, 3.63) is 94.0 Å². The van der Waals surface area contributed by atoms with Crippen LogP contribution in [0.1, 0.15) is 24.5 Å². The van der Waals surface area contributed by atoms with Crippen LogP contribution in [0, 0.1) is 0 Å². The topological polar surface area (TPSA) is 96.0 Å². The number of benzene rings is 3. The molecule has 0 aromatic heterocycles. The summed E-state index contributed by atoms with van der Waals surface area (Å²) in [5.74, 6) is -0.324.